The molecule has 8 heteroatoms. The predicted octanol–water partition coefficient (Wildman–Crippen LogP) is 0.864. The van der Waals surface area contributed by atoms with E-state index in [1.54, 1.807) is 7.11 Å². The lowest BCUT2D eigenvalue weighted by Gasteiger charge is -2.08. The highest BCUT2D eigenvalue weighted by Gasteiger charge is 2.14. The number of nitrogens with two attached hydrogens (primary N) is 1. The van der Waals surface area contributed by atoms with Crippen LogP contribution in [-0.2, 0) is 19.5 Å². The Balaban J connectivity index is 2.49. The summed E-state index contributed by atoms with van der Waals surface area (Å²) in [6, 6.07) is 4.16. The molecular formula is C11H17ClN2O4S. The van der Waals surface area contributed by atoms with Crippen LogP contribution in [0.5, 0.6) is 0 Å². The van der Waals surface area contributed by atoms with Gasteiger partial charge in [0, 0.05) is 13.7 Å². The molecule has 0 aliphatic carbocycles. The number of nitrogen functional groups attached to an aromatic ring is 1. The molecule has 1 rings (SSSR count). The minimum atomic E-state index is -3.59. The molecule has 19 heavy (non-hydrogen) atoms. The molecule has 0 aliphatic heterocycles. The quantitative estimate of drug-likeness (QED) is 0.549. The van der Waals surface area contributed by atoms with Gasteiger partial charge in [-0.25, -0.2) is 13.1 Å². The van der Waals surface area contributed by atoms with Crippen molar-refractivity contribution >= 4 is 27.3 Å². The Morgan fingerprint density at radius 3 is 2.68 bits per heavy atom. The van der Waals surface area contributed by atoms with Crippen LogP contribution in [0.15, 0.2) is 23.1 Å². The van der Waals surface area contributed by atoms with Crippen LogP contribution in [0.2, 0.25) is 5.02 Å². The van der Waals surface area contributed by atoms with Crippen molar-refractivity contribution < 1.29 is 17.9 Å². The van der Waals surface area contributed by atoms with E-state index in [2.05, 4.69) is 4.72 Å². The van der Waals surface area contributed by atoms with Crippen molar-refractivity contribution in [2.45, 2.75) is 4.90 Å². The SMILES string of the molecule is COCCOCCNS(=O)(=O)c1ccc(N)c(Cl)c1. The molecule has 3 N–H and O–H groups in total. The molecule has 0 bridgehead atoms. The number of sulfonamides is 1. The second-order valence-electron chi connectivity index (χ2n) is 3.69. The summed E-state index contributed by atoms with van der Waals surface area (Å²) in [6.07, 6.45) is 0. The van der Waals surface area contributed by atoms with Crippen LogP contribution in [0.1, 0.15) is 0 Å². The van der Waals surface area contributed by atoms with Gasteiger partial charge in [-0.3, -0.25) is 0 Å². The number of benzene rings is 1. The van der Waals surface area contributed by atoms with Crippen molar-refractivity contribution in [1.82, 2.24) is 4.72 Å². The molecule has 0 saturated heterocycles. The molecule has 0 amide bonds. The largest absolute Gasteiger partial charge is 0.398 e. The second kappa shape index (κ2) is 7.66. The second-order valence-corrected chi connectivity index (χ2v) is 5.86. The van der Waals surface area contributed by atoms with Gasteiger partial charge in [0.25, 0.3) is 0 Å². The summed E-state index contributed by atoms with van der Waals surface area (Å²) in [4.78, 5) is 0.0728. The topological polar surface area (TPSA) is 90.6 Å². The average Bonchev–Trinajstić information content (AvgIpc) is 2.36. The van der Waals surface area contributed by atoms with E-state index >= 15 is 0 Å². The maximum absolute atomic E-state index is 11.9. The first-order chi connectivity index (χ1) is 8.97. The van der Waals surface area contributed by atoms with E-state index in [4.69, 9.17) is 26.8 Å². The third-order valence-corrected chi connectivity index (χ3v) is 4.04. The molecule has 0 aromatic heterocycles. The smallest absolute Gasteiger partial charge is 0.240 e. The normalized spacial score (nSPS) is 11.7. The van der Waals surface area contributed by atoms with Gasteiger partial charge in [0.15, 0.2) is 0 Å². The molecule has 1 aromatic rings. The number of hydrogen-bond donors (Lipinski definition) is 2. The van der Waals surface area contributed by atoms with E-state index in [1.165, 1.54) is 18.2 Å². The highest BCUT2D eigenvalue weighted by Crippen LogP contribution is 2.22. The minimum absolute atomic E-state index is 0.0728. The maximum Gasteiger partial charge on any atom is 0.240 e. The molecule has 1 aromatic carbocycles. The number of nitrogens with one attached hydrogen (secondary N) is 1. The molecule has 0 spiro atoms. The van der Waals surface area contributed by atoms with Gasteiger partial charge in [-0.05, 0) is 18.2 Å². The molecule has 108 valence electrons. The fourth-order valence-electron chi connectivity index (χ4n) is 1.25. The highest BCUT2D eigenvalue weighted by atomic mass is 35.5. The lowest BCUT2D eigenvalue weighted by Crippen LogP contribution is -2.27. The van der Waals surface area contributed by atoms with Crippen LogP contribution in [-0.4, -0.2) is 41.9 Å². The van der Waals surface area contributed by atoms with E-state index in [0.717, 1.165) is 0 Å². The van der Waals surface area contributed by atoms with E-state index in [0.29, 0.717) is 18.9 Å². The molecule has 0 aliphatic rings. The number of ether oxygens (including phenoxy) is 2. The molecule has 0 saturated carbocycles. The van der Waals surface area contributed by atoms with Gasteiger partial charge in [-0.1, -0.05) is 11.6 Å². The molecule has 0 fully saturated rings. The zero-order valence-corrected chi connectivity index (χ0v) is 12.1. The molecule has 0 heterocycles. The van der Waals surface area contributed by atoms with E-state index in [-0.39, 0.29) is 23.1 Å². The third-order valence-electron chi connectivity index (χ3n) is 2.25. The van der Waals surface area contributed by atoms with Crippen molar-refractivity contribution in [2.24, 2.45) is 0 Å². The van der Waals surface area contributed by atoms with Crippen LogP contribution >= 0.6 is 11.6 Å². The molecule has 6 nitrogen and oxygen atoms in total. The molecule has 0 unspecified atom stereocenters. The fourth-order valence-corrected chi connectivity index (χ4v) is 2.54. The van der Waals surface area contributed by atoms with Crippen molar-refractivity contribution in [3.63, 3.8) is 0 Å². The summed E-state index contributed by atoms with van der Waals surface area (Å²) >= 11 is 5.78. The Morgan fingerprint density at radius 1 is 1.32 bits per heavy atom. The summed E-state index contributed by atoms with van der Waals surface area (Å²) < 4.78 is 36.1. The number of halogens is 1. The van der Waals surface area contributed by atoms with Gasteiger partial charge in [0.2, 0.25) is 10.0 Å². The van der Waals surface area contributed by atoms with E-state index in [9.17, 15) is 8.42 Å². The van der Waals surface area contributed by atoms with Gasteiger partial charge in [0.1, 0.15) is 0 Å². The standard InChI is InChI=1S/C11H17ClN2O4S/c1-17-6-7-18-5-4-14-19(15,16)9-2-3-11(13)10(12)8-9/h2-3,8,14H,4-7,13H2,1H3. The Labute approximate surface area is 117 Å². The Hall–Kier alpha value is -0.860. The Bertz CT molecular complexity index is 507. The first-order valence-electron chi connectivity index (χ1n) is 5.59. The minimum Gasteiger partial charge on any atom is -0.398 e. The first kappa shape index (κ1) is 16.2. The van der Waals surface area contributed by atoms with Crippen LogP contribution in [0, 0.1) is 0 Å². The molecular weight excluding hydrogens is 292 g/mol. The Morgan fingerprint density at radius 2 is 2.05 bits per heavy atom. The number of rotatable bonds is 8. The van der Waals surface area contributed by atoms with Crippen LogP contribution in [0.25, 0.3) is 0 Å². The fraction of sp³-hybridized carbons (Fsp3) is 0.455. The third kappa shape index (κ3) is 5.33. The van der Waals surface area contributed by atoms with Crippen LogP contribution < -0.4 is 10.5 Å². The lowest BCUT2D eigenvalue weighted by molar-refractivity contribution is 0.0736. The van der Waals surface area contributed by atoms with Gasteiger partial charge < -0.3 is 15.2 Å². The van der Waals surface area contributed by atoms with Crippen molar-refractivity contribution in [2.75, 3.05) is 39.2 Å². The number of hydrogen-bond acceptors (Lipinski definition) is 5. The van der Waals surface area contributed by atoms with Crippen LogP contribution in [0.3, 0.4) is 0 Å². The summed E-state index contributed by atoms with van der Waals surface area (Å²) in [5.74, 6) is 0. The van der Waals surface area contributed by atoms with Crippen molar-refractivity contribution in [3.05, 3.63) is 23.2 Å². The maximum atomic E-state index is 11.9. The Kier molecular flexibility index (Phi) is 6.53. The number of methoxy groups -OCH3 is 1. The zero-order chi connectivity index (χ0) is 14.3. The summed E-state index contributed by atoms with van der Waals surface area (Å²) in [6.45, 7) is 1.34. The molecule has 0 atom stereocenters. The van der Waals surface area contributed by atoms with Gasteiger partial charge in [-0.2, -0.15) is 0 Å². The lowest BCUT2D eigenvalue weighted by atomic mass is 10.3. The van der Waals surface area contributed by atoms with Crippen molar-refractivity contribution in [3.8, 4) is 0 Å². The van der Waals surface area contributed by atoms with E-state index in [1.807, 2.05) is 0 Å². The highest BCUT2D eigenvalue weighted by molar-refractivity contribution is 7.89. The van der Waals surface area contributed by atoms with Gasteiger partial charge >= 0.3 is 0 Å². The summed E-state index contributed by atoms with van der Waals surface area (Å²) in [7, 11) is -2.03. The van der Waals surface area contributed by atoms with Gasteiger partial charge in [0.05, 0.1) is 35.4 Å². The van der Waals surface area contributed by atoms with Crippen molar-refractivity contribution in [1.29, 1.82) is 0 Å². The monoisotopic (exact) mass is 308 g/mol. The van der Waals surface area contributed by atoms with Crippen LogP contribution in [0.4, 0.5) is 5.69 Å². The van der Waals surface area contributed by atoms with E-state index < -0.39 is 10.0 Å². The summed E-state index contributed by atoms with van der Waals surface area (Å²) in [5.41, 5.74) is 5.86. The average molecular weight is 309 g/mol. The zero-order valence-electron chi connectivity index (χ0n) is 10.6. The first-order valence-corrected chi connectivity index (χ1v) is 7.45. The number of anilines is 1. The van der Waals surface area contributed by atoms with Gasteiger partial charge in [-0.15, -0.1) is 0 Å². The molecule has 0 radical (unpaired) electrons. The summed E-state index contributed by atoms with van der Waals surface area (Å²) in [5, 5.41) is 0.208. The predicted molar refractivity (Wildman–Crippen MR) is 73.7 cm³/mol.